The predicted molar refractivity (Wildman–Crippen MR) is 77.5 cm³/mol. The molecule has 2 N–H and O–H groups in total. The summed E-state index contributed by atoms with van der Waals surface area (Å²) in [6.45, 7) is 1.51. The second-order valence-corrected chi connectivity index (χ2v) is 4.72. The van der Waals surface area contributed by atoms with Gasteiger partial charge in [-0.05, 0) is 11.6 Å². The van der Waals surface area contributed by atoms with Gasteiger partial charge in [0.25, 0.3) is 5.91 Å². The van der Waals surface area contributed by atoms with Crippen molar-refractivity contribution in [2.45, 2.75) is 6.92 Å². The highest BCUT2D eigenvalue weighted by Crippen LogP contribution is 2.17. The molecule has 0 aliphatic rings. The minimum Gasteiger partial charge on any atom is -0.411 e. The molecule has 1 aromatic rings. The lowest BCUT2D eigenvalue weighted by Gasteiger charge is -2.05. The molecular weight excluding hydrogens is 264 g/mol. The molecule has 0 atom stereocenters. The molecule has 0 saturated carbocycles. The Hall–Kier alpha value is -2.08. The SMILES string of the molecule is CC(=O)SCC=Cc1ccccc1NC(=O)C=NO. The van der Waals surface area contributed by atoms with Gasteiger partial charge in [-0.2, -0.15) is 0 Å². The fourth-order valence-corrected chi connectivity index (χ4v) is 1.74. The van der Waals surface area contributed by atoms with Crippen molar-refractivity contribution in [1.29, 1.82) is 0 Å². The highest BCUT2D eigenvalue weighted by molar-refractivity contribution is 8.13. The van der Waals surface area contributed by atoms with Gasteiger partial charge in [-0.15, -0.1) is 0 Å². The van der Waals surface area contributed by atoms with Crippen LogP contribution in [0.1, 0.15) is 12.5 Å². The Labute approximate surface area is 115 Å². The first-order chi connectivity index (χ1) is 9.13. The molecule has 1 amide bonds. The lowest BCUT2D eigenvalue weighted by atomic mass is 10.1. The van der Waals surface area contributed by atoms with Crippen molar-refractivity contribution in [3.05, 3.63) is 35.9 Å². The van der Waals surface area contributed by atoms with Crippen LogP contribution in [0.25, 0.3) is 6.08 Å². The summed E-state index contributed by atoms with van der Waals surface area (Å²) < 4.78 is 0. The van der Waals surface area contributed by atoms with Gasteiger partial charge in [-0.1, -0.05) is 47.3 Å². The molecule has 1 aromatic carbocycles. The molecule has 0 bridgehead atoms. The normalized spacial score (nSPS) is 11.0. The van der Waals surface area contributed by atoms with Crippen LogP contribution in [0.3, 0.4) is 0 Å². The van der Waals surface area contributed by atoms with Crippen LogP contribution in [-0.2, 0) is 9.59 Å². The number of carbonyl (C=O) groups excluding carboxylic acids is 2. The number of rotatable bonds is 5. The van der Waals surface area contributed by atoms with Crippen molar-refractivity contribution in [1.82, 2.24) is 0 Å². The van der Waals surface area contributed by atoms with Gasteiger partial charge >= 0.3 is 0 Å². The van der Waals surface area contributed by atoms with E-state index in [2.05, 4.69) is 10.5 Å². The average molecular weight is 278 g/mol. The number of thioether (sulfide) groups is 1. The second kappa shape index (κ2) is 8.10. The number of amides is 1. The highest BCUT2D eigenvalue weighted by Gasteiger charge is 2.02. The van der Waals surface area contributed by atoms with Gasteiger partial charge in [-0.25, -0.2) is 0 Å². The first-order valence-electron chi connectivity index (χ1n) is 5.51. The number of oxime groups is 1. The molecule has 100 valence electrons. The number of para-hydroxylation sites is 1. The van der Waals surface area contributed by atoms with E-state index in [0.29, 0.717) is 11.4 Å². The Bertz CT molecular complexity index is 512. The van der Waals surface area contributed by atoms with Crippen LogP contribution in [0.15, 0.2) is 35.5 Å². The van der Waals surface area contributed by atoms with Crippen molar-refractivity contribution < 1.29 is 14.8 Å². The molecule has 1 rings (SSSR count). The fraction of sp³-hybridized carbons (Fsp3) is 0.154. The topological polar surface area (TPSA) is 78.8 Å². The maximum absolute atomic E-state index is 11.3. The lowest BCUT2D eigenvalue weighted by Crippen LogP contribution is -2.13. The maximum atomic E-state index is 11.3. The molecule has 5 nitrogen and oxygen atoms in total. The first-order valence-corrected chi connectivity index (χ1v) is 6.49. The number of benzene rings is 1. The smallest absolute Gasteiger partial charge is 0.270 e. The van der Waals surface area contributed by atoms with Crippen LogP contribution in [0.2, 0.25) is 0 Å². The van der Waals surface area contributed by atoms with Crippen LogP contribution in [-0.4, -0.2) is 28.2 Å². The minimum absolute atomic E-state index is 0.0606. The van der Waals surface area contributed by atoms with E-state index in [1.165, 1.54) is 18.7 Å². The van der Waals surface area contributed by atoms with Gasteiger partial charge in [0, 0.05) is 18.4 Å². The Morgan fingerprint density at radius 2 is 2.16 bits per heavy atom. The Morgan fingerprint density at radius 1 is 1.42 bits per heavy atom. The molecule has 6 heteroatoms. The molecule has 0 aromatic heterocycles. The van der Waals surface area contributed by atoms with Gasteiger partial charge in [0.2, 0.25) is 0 Å². The third-order valence-corrected chi connectivity index (χ3v) is 2.84. The van der Waals surface area contributed by atoms with Crippen LogP contribution in [0, 0.1) is 0 Å². The van der Waals surface area contributed by atoms with Crippen molar-refractivity contribution in [3.8, 4) is 0 Å². The van der Waals surface area contributed by atoms with E-state index in [-0.39, 0.29) is 5.12 Å². The molecule has 0 fully saturated rings. The molecule has 0 spiro atoms. The molecular formula is C13H14N2O3S. The van der Waals surface area contributed by atoms with E-state index in [1.54, 1.807) is 12.1 Å². The summed E-state index contributed by atoms with van der Waals surface area (Å²) in [7, 11) is 0. The zero-order valence-corrected chi connectivity index (χ0v) is 11.2. The second-order valence-electron chi connectivity index (χ2n) is 3.53. The zero-order valence-electron chi connectivity index (χ0n) is 10.4. The summed E-state index contributed by atoms with van der Waals surface area (Å²) in [6, 6.07) is 7.20. The van der Waals surface area contributed by atoms with Crippen molar-refractivity contribution in [2.75, 3.05) is 11.1 Å². The van der Waals surface area contributed by atoms with E-state index in [1.807, 2.05) is 24.3 Å². The highest BCUT2D eigenvalue weighted by atomic mass is 32.2. The van der Waals surface area contributed by atoms with Crippen LogP contribution in [0.5, 0.6) is 0 Å². The average Bonchev–Trinajstić information content (AvgIpc) is 2.36. The summed E-state index contributed by atoms with van der Waals surface area (Å²) in [5, 5.41) is 13.6. The molecule has 0 saturated heterocycles. The summed E-state index contributed by atoms with van der Waals surface area (Å²) in [5.41, 5.74) is 1.42. The van der Waals surface area contributed by atoms with Crippen LogP contribution >= 0.6 is 11.8 Å². The van der Waals surface area contributed by atoms with Gasteiger partial charge < -0.3 is 10.5 Å². The van der Waals surface area contributed by atoms with E-state index in [0.717, 1.165) is 11.8 Å². The maximum Gasteiger partial charge on any atom is 0.270 e. The van der Waals surface area contributed by atoms with E-state index < -0.39 is 5.91 Å². The third-order valence-electron chi connectivity index (χ3n) is 2.07. The van der Waals surface area contributed by atoms with E-state index in [9.17, 15) is 9.59 Å². The quantitative estimate of drug-likeness (QED) is 0.492. The summed E-state index contributed by atoms with van der Waals surface area (Å²) in [5.74, 6) is 0.0665. The largest absolute Gasteiger partial charge is 0.411 e. The number of hydrogen-bond donors (Lipinski definition) is 2. The van der Waals surface area contributed by atoms with Crippen LogP contribution in [0.4, 0.5) is 5.69 Å². The molecule has 0 heterocycles. The van der Waals surface area contributed by atoms with Crippen molar-refractivity contribution in [2.24, 2.45) is 5.16 Å². The molecule has 0 aliphatic carbocycles. The Balaban J connectivity index is 2.72. The number of anilines is 1. The monoisotopic (exact) mass is 278 g/mol. The zero-order chi connectivity index (χ0) is 14.1. The summed E-state index contributed by atoms with van der Waals surface area (Å²) in [4.78, 5) is 22.1. The number of nitrogens with zero attached hydrogens (tertiary/aromatic N) is 1. The van der Waals surface area contributed by atoms with Crippen LogP contribution < -0.4 is 5.32 Å². The van der Waals surface area contributed by atoms with Gasteiger partial charge in [-0.3, -0.25) is 9.59 Å². The predicted octanol–water partition coefficient (Wildman–Crippen LogP) is 2.38. The molecule has 0 radical (unpaired) electrons. The Morgan fingerprint density at radius 3 is 2.84 bits per heavy atom. The lowest BCUT2D eigenvalue weighted by molar-refractivity contribution is -0.110. The molecule has 0 aliphatic heterocycles. The third kappa shape index (κ3) is 5.87. The fourth-order valence-electron chi connectivity index (χ4n) is 1.31. The van der Waals surface area contributed by atoms with Crippen molar-refractivity contribution in [3.63, 3.8) is 0 Å². The Kier molecular flexibility index (Phi) is 6.38. The molecule has 19 heavy (non-hydrogen) atoms. The number of carbonyl (C=O) groups is 2. The number of nitrogens with one attached hydrogen (secondary N) is 1. The number of hydrogen-bond acceptors (Lipinski definition) is 5. The van der Waals surface area contributed by atoms with Gasteiger partial charge in [0.1, 0.15) is 6.21 Å². The molecule has 0 unspecified atom stereocenters. The summed E-state index contributed by atoms with van der Waals surface area (Å²) >= 11 is 1.21. The van der Waals surface area contributed by atoms with Gasteiger partial charge in [0.05, 0.1) is 0 Å². The van der Waals surface area contributed by atoms with E-state index >= 15 is 0 Å². The van der Waals surface area contributed by atoms with E-state index in [4.69, 9.17) is 5.21 Å². The summed E-state index contributed by atoms with van der Waals surface area (Å²) in [6.07, 6.45) is 4.45. The first kappa shape index (κ1) is 15.0. The van der Waals surface area contributed by atoms with Gasteiger partial charge in [0.15, 0.2) is 5.12 Å². The minimum atomic E-state index is -0.513. The standard InChI is InChI=1S/C13H14N2O3S/c1-10(16)19-8-4-6-11-5-2-3-7-12(11)15-13(17)9-14-18/h2-7,9,18H,8H2,1H3,(H,15,17). The van der Waals surface area contributed by atoms with Crippen molar-refractivity contribution >= 4 is 40.8 Å².